The summed E-state index contributed by atoms with van der Waals surface area (Å²) in [6.45, 7) is -3.18. The van der Waals surface area contributed by atoms with Gasteiger partial charge in [0.2, 0.25) is 5.88 Å². The SMILES string of the molecule is O=C(O)c1cc(OC(F)F)n(-c2ccccc2F)n1. The molecule has 19 heavy (non-hydrogen) atoms. The summed E-state index contributed by atoms with van der Waals surface area (Å²) in [5.74, 6) is -2.74. The number of ether oxygens (including phenoxy) is 1. The van der Waals surface area contributed by atoms with Gasteiger partial charge in [0.05, 0.1) is 0 Å². The standard InChI is InChI=1S/C11H7F3N2O3/c12-6-3-1-2-4-8(6)16-9(19-11(13)14)5-7(15-16)10(17)18/h1-5,11H,(H,17,18). The molecule has 2 aromatic rings. The van der Waals surface area contributed by atoms with Crippen LogP contribution in [-0.2, 0) is 0 Å². The van der Waals surface area contributed by atoms with Gasteiger partial charge in [0.1, 0.15) is 11.5 Å². The van der Waals surface area contributed by atoms with Gasteiger partial charge in [0, 0.05) is 6.07 Å². The molecular weight excluding hydrogens is 265 g/mol. The third-order valence-corrected chi connectivity index (χ3v) is 2.19. The number of halogens is 3. The zero-order valence-corrected chi connectivity index (χ0v) is 9.26. The number of alkyl halides is 2. The summed E-state index contributed by atoms with van der Waals surface area (Å²) in [6.07, 6.45) is 0. The van der Waals surface area contributed by atoms with Gasteiger partial charge in [-0.3, -0.25) is 0 Å². The van der Waals surface area contributed by atoms with Crippen LogP contribution in [0, 0.1) is 5.82 Å². The number of hydrogen-bond donors (Lipinski definition) is 1. The third-order valence-electron chi connectivity index (χ3n) is 2.19. The quantitative estimate of drug-likeness (QED) is 0.927. The lowest BCUT2D eigenvalue weighted by atomic mass is 10.3. The Morgan fingerprint density at radius 1 is 1.37 bits per heavy atom. The first-order valence-electron chi connectivity index (χ1n) is 5.02. The van der Waals surface area contributed by atoms with Gasteiger partial charge in [0.15, 0.2) is 5.69 Å². The molecule has 1 heterocycles. The van der Waals surface area contributed by atoms with E-state index in [0.29, 0.717) is 4.68 Å². The van der Waals surface area contributed by atoms with E-state index in [4.69, 9.17) is 5.11 Å². The molecule has 0 saturated carbocycles. The molecule has 0 radical (unpaired) electrons. The molecule has 0 unspecified atom stereocenters. The lowest BCUT2D eigenvalue weighted by Crippen LogP contribution is -2.09. The zero-order chi connectivity index (χ0) is 14.0. The highest BCUT2D eigenvalue weighted by molar-refractivity contribution is 5.85. The number of carbonyl (C=O) groups is 1. The Labute approximate surface area is 104 Å². The largest absolute Gasteiger partial charge is 0.476 e. The molecule has 100 valence electrons. The van der Waals surface area contributed by atoms with E-state index in [-0.39, 0.29) is 5.69 Å². The van der Waals surface area contributed by atoms with Gasteiger partial charge in [-0.1, -0.05) is 12.1 Å². The van der Waals surface area contributed by atoms with Crippen molar-refractivity contribution in [2.24, 2.45) is 0 Å². The number of hydrogen-bond acceptors (Lipinski definition) is 3. The normalized spacial score (nSPS) is 10.7. The number of carboxylic acids is 1. The minimum absolute atomic E-state index is 0.189. The Hall–Kier alpha value is -2.51. The fourth-order valence-electron chi connectivity index (χ4n) is 1.44. The fraction of sp³-hybridized carbons (Fsp3) is 0.0909. The Bertz CT molecular complexity index is 613. The van der Waals surface area contributed by atoms with Crippen molar-refractivity contribution < 1.29 is 27.8 Å². The summed E-state index contributed by atoms with van der Waals surface area (Å²) < 4.78 is 42.8. The van der Waals surface area contributed by atoms with Gasteiger partial charge in [0.25, 0.3) is 0 Å². The van der Waals surface area contributed by atoms with Gasteiger partial charge in [-0.25, -0.2) is 9.18 Å². The summed E-state index contributed by atoms with van der Waals surface area (Å²) in [5.41, 5.74) is -0.718. The number of aromatic nitrogens is 2. The molecule has 5 nitrogen and oxygen atoms in total. The second-order valence-corrected chi connectivity index (χ2v) is 3.41. The van der Waals surface area contributed by atoms with Crippen molar-refractivity contribution >= 4 is 5.97 Å². The van der Waals surface area contributed by atoms with Crippen LogP contribution in [0.5, 0.6) is 5.88 Å². The van der Waals surface area contributed by atoms with E-state index >= 15 is 0 Å². The van der Waals surface area contributed by atoms with Gasteiger partial charge in [-0.05, 0) is 12.1 Å². The predicted octanol–water partition coefficient (Wildman–Crippen LogP) is 2.31. The maximum absolute atomic E-state index is 13.6. The van der Waals surface area contributed by atoms with Crippen molar-refractivity contribution in [2.45, 2.75) is 6.61 Å². The molecule has 1 aromatic heterocycles. The van der Waals surface area contributed by atoms with Crippen LogP contribution in [0.1, 0.15) is 10.5 Å². The van der Waals surface area contributed by atoms with Crippen LogP contribution in [0.4, 0.5) is 13.2 Å². The van der Waals surface area contributed by atoms with Crippen molar-refractivity contribution in [1.82, 2.24) is 9.78 Å². The highest BCUT2D eigenvalue weighted by Gasteiger charge is 2.19. The van der Waals surface area contributed by atoms with Crippen LogP contribution in [0.3, 0.4) is 0 Å². The molecule has 0 aliphatic carbocycles. The Kier molecular flexibility index (Phi) is 3.41. The fourth-order valence-corrected chi connectivity index (χ4v) is 1.44. The van der Waals surface area contributed by atoms with Crippen molar-refractivity contribution in [3.05, 3.63) is 41.8 Å². The van der Waals surface area contributed by atoms with Gasteiger partial charge in [-0.15, -0.1) is 0 Å². The van der Waals surface area contributed by atoms with Crippen LogP contribution in [-0.4, -0.2) is 27.5 Å². The molecule has 1 N–H and O–H groups in total. The molecule has 0 amide bonds. The first kappa shape index (κ1) is 12.9. The van der Waals surface area contributed by atoms with Gasteiger partial charge >= 0.3 is 12.6 Å². The van der Waals surface area contributed by atoms with Gasteiger partial charge < -0.3 is 9.84 Å². The maximum Gasteiger partial charge on any atom is 0.388 e. The Balaban J connectivity index is 2.54. The van der Waals surface area contributed by atoms with E-state index in [9.17, 15) is 18.0 Å². The molecule has 1 aromatic carbocycles. The molecule has 2 rings (SSSR count). The highest BCUT2D eigenvalue weighted by atomic mass is 19.3. The smallest absolute Gasteiger partial charge is 0.388 e. The number of para-hydroxylation sites is 1. The summed E-state index contributed by atoms with van der Waals surface area (Å²) in [6, 6.07) is 5.98. The molecule has 0 bridgehead atoms. The lowest BCUT2D eigenvalue weighted by Gasteiger charge is -2.08. The highest BCUT2D eigenvalue weighted by Crippen LogP contribution is 2.23. The molecule has 0 saturated heterocycles. The van der Waals surface area contributed by atoms with E-state index in [1.165, 1.54) is 18.2 Å². The number of nitrogens with zero attached hydrogens (tertiary/aromatic N) is 2. The third kappa shape index (κ3) is 2.67. The summed E-state index contributed by atoms with van der Waals surface area (Å²) in [4.78, 5) is 10.8. The van der Waals surface area contributed by atoms with E-state index in [1.807, 2.05) is 0 Å². The van der Waals surface area contributed by atoms with E-state index in [0.717, 1.165) is 12.1 Å². The second kappa shape index (κ2) is 5.01. The second-order valence-electron chi connectivity index (χ2n) is 3.41. The van der Waals surface area contributed by atoms with Crippen molar-refractivity contribution in [1.29, 1.82) is 0 Å². The molecule has 0 fully saturated rings. The van der Waals surface area contributed by atoms with Crippen LogP contribution in [0.15, 0.2) is 30.3 Å². The van der Waals surface area contributed by atoms with E-state index < -0.39 is 30.0 Å². The molecule has 0 aliphatic heterocycles. The summed E-state index contributed by atoms with van der Waals surface area (Å²) in [7, 11) is 0. The minimum Gasteiger partial charge on any atom is -0.476 e. The summed E-state index contributed by atoms with van der Waals surface area (Å²) in [5, 5.41) is 12.3. The molecule has 0 atom stereocenters. The Morgan fingerprint density at radius 2 is 2.05 bits per heavy atom. The average molecular weight is 272 g/mol. The lowest BCUT2D eigenvalue weighted by molar-refractivity contribution is -0.0544. The number of carboxylic acid groups (broad SMARTS) is 1. The zero-order valence-electron chi connectivity index (χ0n) is 9.26. The molecule has 8 heteroatoms. The van der Waals surface area contributed by atoms with E-state index in [1.54, 1.807) is 0 Å². The van der Waals surface area contributed by atoms with Crippen molar-refractivity contribution in [3.8, 4) is 11.6 Å². The van der Waals surface area contributed by atoms with Gasteiger partial charge in [-0.2, -0.15) is 18.6 Å². The number of benzene rings is 1. The molecule has 0 spiro atoms. The average Bonchev–Trinajstić information content (AvgIpc) is 2.73. The number of aromatic carboxylic acids is 1. The Morgan fingerprint density at radius 3 is 2.63 bits per heavy atom. The monoisotopic (exact) mass is 272 g/mol. The molecule has 0 aliphatic rings. The van der Waals surface area contributed by atoms with Crippen LogP contribution < -0.4 is 4.74 Å². The molecular formula is C11H7F3N2O3. The van der Waals surface area contributed by atoms with Crippen molar-refractivity contribution in [3.63, 3.8) is 0 Å². The summed E-state index contributed by atoms with van der Waals surface area (Å²) >= 11 is 0. The van der Waals surface area contributed by atoms with Crippen LogP contribution in [0.25, 0.3) is 5.69 Å². The minimum atomic E-state index is -3.18. The maximum atomic E-state index is 13.6. The number of rotatable bonds is 4. The first-order valence-corrected chi connectivity index (χ1v) is 5.02. The van der Waals surface area contributed by atoms with Crippen molar-refractivity contribution in [2.75, 3.05) is 0 Å². The predicted molar refractivity (Wildman–Crippen MR) is 57.1 cm³/mol. The van der Waals surface area contributed by atoms with Crippen LogP contribution in [0.2, 0.25) is 0 Å². The topological polar surface area (TPSA) is 64.3 Å². The van der Waals surface area contributed by atoms with E-state index in [2.05, 4.69) is 9.84 Å². The first-order chi connectivity index (χ1) is 8.99. The van der Waals surface area contributed by atoms with Crippen LogP contribution >= 0.6 is 0 Å².